The fourth-order valence-electron chi connectivity index (χ4n) is 2.20. The number of carbonyl (C=O) groups excluding carboxylic acids is 1. The molecule has 0 aromatic heterocycles. The van der Waals surface area contributed by atoms with Gasteiger partial charge in [0.05, 0.1) is 6.54 Å². The molecule has 0 aliphatic carbocycles. The highest BCUT2D eigenvalue weighted by atomic mass is 16.1. The summed E-state index contributed by atoms with van der Waals surface area (Å²) in [5.74, 6) is 0.114. The van der Waals surface area contributed by atoms with Crippen LogP contribution < -0.4 is 10.6 Å². The molecule has 15 heavy (non-hydrogen) atoms. The number of nitrogens with zero attached hydrogens (tertiary/aromatic N) is 1. The number of piperidine rings is 1. The number of likely N-dealkylation sites (N-methyl/N-ethyl adjacent to an activating group) is 2. The van der Waals surface area contributed by atoms with Gasteiger partial charge in [0.25, 0.3) is 0 Å². The predicted octanol–water partition coefficient (Wildman–Crippen LogP) is 0.195. The van der Waals surface area contributed by atoms with Gasteiger partial charge in [0.1, 0.15) is 0 Å². The van der Waals surface area contributed by atoms with E-state index in [4.69, 9.17) is 0 Å². The van der Waals surface area contributed by atoms with Gasteiger partial charge in [0, 0.05) is 19.1 Å². The third-order valence-corrected chi connectivity index (χ3v) is 3.14. The predicted molar refractivity (Wildman–Crippen MR) is 61.8 cm³/mol. The molecule has 0 radical (unpaired) electrons. The summed E-state index contributed by atoms with van der Waals surface area (Å²) in [4.78, 5) is 13.6. The van der Waals surface area contributed by atoms with Crippen LogP contribution in [0.4, 0.5) is 0 Å². The second kappa shape index (κ2) is 6.08. The summed E-state index contributed by atoms with van der Waals surface area (Å²) < 4.78 is 0. The monoisotopic (exact) mass is 213 g/mol. The summed E-state index contributed by atoms with van der Waals surface area (Å²) in [5, 5.41) is 6.11. The molecule has 88 valence electrons. The quantitative estimate of drug-likeness (QED) is 0.701. The minimum absolute atomic E-state index is 0.114. The maximum absolute atomic E-state index is 11.3. The van der Waals surface area contributed by atoms with Crippen molar-refractivity contribution in [2.75, 3.05) is 26.7 Å². The van der Waals surface area contributed by atoms with Crippen molar-refractivity contribution < 1.29 is 4.79 Å². The highest BCUT2D eigenvalue weighted by Gasteiger charge is 2.24. The lowest BCUT2D eigenvalue weighted by molar-refractivity contribution is -0.122. The van der Waals surface area contributed by atoms with Gasteiger partial charge in [0.15, 0.2) is 0 Å². The molecule has 1 rings (SSSR count). The molecule has 2 unspecified atom stereocenters. The van der Waals surface area contributed by atoms with Crippen molar-refractivity contribution >= 4 is 5.91 Å². The van der Waals surface area contributed by atoms with Crippen LogP contribution in [0.25, 0.3) is 0 Å². The Morgan fingerprint density at radius 3 is 2.87 bits per heavy atom. The lowest BCUT2D eigenvalue weighted by Gasteiger charge is -2.36. The maximum atomic E-state index is 11.3. The van der Waals surface area contributed by atoms with Gasteiger partial charge >= 0.3 is 0 Å². The summed E-state index contributed by atoms with van der Waals surface area (Å²) >= 11 is 0. The zero-order valence-corrected chi connectivity index (χ0v) is 10.0. The van der Waals surface area contributed by atoms with Gasteiger partial charge in [-0.25, -0.2) is 0 Å². The van der Waals surface area contributed by atoms with Crippen molar-refractivity contribution in [1.82, 2.24) is 15.5 Å². The molecule has 2 atom stereocenters. The third kappa shape index (κ3) is 3.80. The Morgan fingerprint density at radius 2 is 2.33 bits per heavy atom. The molecule has 1 heterocycles. The Morgan fingerprint density at radius 1 is 1.60 bits per heavy atom. The van der Waals surface area contributed by atoms with E-state index in [2.05, 4.69) is 29.4 Å². The van der Waals surface area contributed by atoms with E-state index in [-0.39, 0.29) is 5.91 Å². The molecule has 1 saturated heterocycles. The fourth-order valence-corrected chi connectivity index (χ4v) is 2.20. The number of hydrogen-bond acceptors (Lipinski definition) is 3. The summed E-state index contributed by atoms with van der Waals surface area (Å²) in [7, 11) is 1.70. The normalized spacial score (nSPS) is 26.7. The molecule has 0 aromatic rings. The lowest BCUT2D eigenvalue weighted by Crippen LogP contribution is -2.49. The molecule has 0 aromatic carbocycles. The van der Waals surface area contributed by atoms with Crippen molar-refractivity contribution in [2.24, 2.45) is 0 Å². The molecular weight excluding hydrogens is 190 g/mol. The number of amides is 1. The topological polar surface area (TPSA) is 44.4 Å². The lowest BCUT2D eigenvalue weighted by atomic mass is 9.99. The van der Waals surface area contributed by atoms with E-state index in [0.717, 1.165) is 25.9 Å². The number of rotatable bonds is 4. The van der Waals surface area contributed by atoms with Crippen LogP contribution in [0.3, 0.4) is 0 Å². The third-order valence-electron chi connectivity index (χ3n) is 3.14. The van der Waals surface area contributed by atoms with Crippen molar-refractivity contribution in [3.8, 4) is 0 Å². The summed E-state index contributed by atoms with van der Waals surface area (Å²) in [6.45, 7) is 6.88. The van der Waals surface area contributed by atoms with E-state index in [0.29, 0.717) is 18.6 Å². The van der Waals surface area contributed by atoms with Crippen LogP contribution in [-0.4, -0.2) is 49.6 Å². The van der Waals surface area contributed by atoms with Gasteiger partial charge in [-0.05, 0) is 32.9 Å². The van der Waals surface area contributed by atoms with Gasteiger partial charge in [-0.1, -0.05) is 6.92 Å². The Bertz CT molecular complexity index is 208. The Kier molecular flexibility index (Phi) is 5.05. The summed E-state index contributed by atoms with van der Waals surface area (Å²) in [6.07, 6.45) is 2.29. The molecule has 4 nitrogen and oxygen atoms in total. The smallest absolute Gasteiger partial charge is 0.233 e. The van der Waals surface area contributed by atoms with Gasteiger partial charge in [-0.15, -0.1) is 0 Å². The highest BCUT2D eigenvalue weighted by Crippen LogP contribution is 2.14. The fraction of sp³-hybridized carbons (Fsp3) is 0.909. The number of hydrogen-bond donors (Lipinski definition) is 2. The van der Waals surface area contributed by atoms with E-state index in [1.54, 1.807) is 7.05 Å². The molecule has 1 fully saturated rings. The molecule has 0 bridgehead atoms. The molecule has 1 aliphatic heterocycles. The maximum Gasteiger partial charge on any atom is 0.233 e. The average molecular weight is 213 g/mol. The van der Waals surface area contributed by atoms with Crippen LogP contribution in [0, 0.1) is 0 Å². The number of carbonyl (C=O) groups is 1. The summed E-state index contributed by atoms with van der Waals surface area (Å²) in [6, 6.07) is 1.13. The zero-order valence-electron chi connectivity index (χ0n) is 10.0. The van der Waals surface area contributed by atoms with Crippen LogP contribution in [0.1, 0.15) is 26.7 Å². The van der Waals surface area contributed by atoms with Crippen LogP contribution in [-0.2, 0) is 4.79 Å². The first kappa shape index (κ1) is 12.5. The van der Waals surface area contributed by atoms with E-state index >= 15 is 0 Å². The first-order valence-corrected chi connectivity index (χ1v) is 5.85. The van der Waals surface area contributed by atoms with Gasteiger partial charge < -0.3 is 10.6 Å². The largest absolute Gasteiger partial charge is 0.358 e. The van der Waals surface area contributed by atoms with E-state index in [1.165, 1.54) is 0 Å². The Labute approximate surface area is 92.4 Å². The molecule has 1 aliphatic rings. The van der Waals surface area contributed by atoms with Crippen LogP contribution in [0.5, 0.6) is 0 Å². The molecule has 4 heteroatoms. The van der Waals surface area contributed by atoms with Gasteiger partial charge in [-0.2, -0.15) is 0 Å². The second-order valence-corrected chi connectivity index (χ2v) is 4.27. The average Bonchev–Trinajstić information content (AvgIpc) is 2.25. The molecular formula is C11H23N3O. The summed E-state index contributed by atoms with van der Waals surface area (Å²) in [5.41, 5.74) is 0. The Hall–Kier alpha value is -0.610. The van der Waals surface area contributed by atoms with Crippen molar-refractivity contribution in [1.29, 1.82) is 0 Å². The van der Waals surface area contributed by atoms with E-state index in [9.17, 15) is 4.79 Å². The van der Waals surface area contributed by atoms with Crippen LogP contribution in [0.15, 0.2) is 0 Å². The first-order chi connectivity index (χ1) is 7.17. The molecule has 0 saturated carbocycles. The van der Waals surface area contributed by atoms with E-state index < -0.39 is 0 Å². The highest BCUT2D eigenvalue weighted by molar-refractivity contribution is 5.77. The number of nitrogens with one attached hydrogen (secondary N) is 2. The molecule has 1 amide bonds. The van der Waals surface area contributed by atoms with Gasteiger partial charge in [-0.3, -0.25) is 9.69 Å². The van der Waals surface area contributed by atoms with Crippen molar-refractivity contribution in [3.05, 3.63) is 0 Å². The van der Waals surface area contributed by atoms with Crippen LogP contribution >= 0.6 is 0 Å². The minimum atomic E-state index is 0.114. The Balaban J connectivity index is 2.45. The molecule has 0 spiro atoms. The molecule has 2 N–H and O–H groups in total. The first-order valence-electron chi connectivity index (χ1n) is 5.85. The van der Waals surface area contributed by atoms with Crippen molar-refractivity contribution in [2.45, 2.75) is 38.8 Å². The second-order valence-electron chi connectivity index (χ2n) is 4.27. The van der Waals surface area contributed by atoms with Crippen molar-refractivity contribution in [3.63, 3.8) is 0 Å². The minimum Gasteiger partial charge on any atom is -0.358 e. The van der Waals surface area contributed by atoms with Gasteiger partial charge in [0.2, 0.25) is 5.91 Å². The SMILES string of the molecule is CCN(CC(=O)NC)C1CCNC(C)C1. The zero-order chi connectivity index (χ0) is 11.3. The van der Waals surface area contributed by atoms with Crippen LogP contribution in [0.2, 0.25) is 0 Å². The standard InChI is InChI=1S/C11H23N3O/c1-4-14(8-11(15)12-3)10-5-6-13-9(2)7-10/h9-10,13H,4-8H2,1-3H3,(H,12,15). The van der Waals surface area contributed by atoms with E-state index in [1.807, 2.05) is 0 Å².